The predicted molar refractivity (Wildman–Crippen MR) is 123 cm³/mol. The van der Waals surface area contributed by atoms with Crippen LogP contribution in [0.1, 0.15) is 21.7 Å². The minimum atomic E-state index is -1.15. The summed E-state index contributed by atoms with van der Waals surface area (Å²) in [5.41, 5.74) is 4.94. The predicted octanol–water partition coefficient (Wildman–Crippen LogP) is 4.11. The monoisotopic (exact) mass is 440 g/mol. The molecule has 8 nitrogen and oxygen atoms in total. The Kier molecular flexibility index (Phi) is 5.10. The number of carbonyl (C=O) groups excluding carboxylic acids is 1. The van der Waals surface area contributed by atoms with E-state index in [9.17, 15) is 14.7 Å². The molecule has 0 fully saturated rings. The van der Waals surface area contributed by atoms with Gasteiger partial charge in [0.05, 0.1) is 11.0 Å². The molecule has 0 spiro atoms. The Labute approximate surface area is 188 Å². The number of nitrogens with one attached hydrogen (secondary N) is 2. The van der Waals surface area contributed by atoms with Gasteiger partial charge in [0.15, 0.2) is 5.58 Å². The second-order valence-electron chi connectivity index (χ2n) is 7.84. The van der Waals surface area contributed by atoms with Gasteiger partial charge in [0.2, 0.25) is 5.89 Å². The number of aliphatic carboxylic acids is 1. The molecule has 0 aliphatic rings. The number of carboxylic acid groups (broad SMARTS) is 1. The van der Waals surface area contributed by atoms with Crippen molar-refractivity contribution in [2.45, 2.75) is 19.4 Å². The smallest absolute Gasteiger partial charge is 0.326 e. The summed E-state index contributed by atoms with van der Waals surface area (Å²) in [6.45, 7) is 1.97. The third-order valence-electron chi connectivity index (χ3n) is 5.35. The van der Waals surface area contributed by atoms with E-state index in [0.717, 1.165) is 16.6 Å². The van der Waals surface area contributed by atoms with E-state index >= 15 is 0 Å². The van der Waals surface area contributed by atoms with Crippen LogP contribution in [0.5, 0.6) is 0 Å². The number of para-hydroxylation sites is 2. The van der Waals surface area contributed by atoms with E-state index in [1.54, 1.807) is 24.3 Å². The standard InChI is InChI=1S/C25H20N4O4/c1-14-9-10-17-19(11-14)27-22(26-17)13-20(25(31)32)28-23(30)15-5-4-6-16(12-15)24-29-18-7-2-3-8-21(18)33-24/h2-12,20H,13H2,1H3,(H,26,27)(H,28,30)(H,31,32)/t20-/m1/s1. The molecule has 0 aliphatic heterocycles. The van der Waals surface area contributed by atoms with Crippen LogP contribution in [-0.4, -0.2) is 38.0 Å². The highest BCUT2D eigenvalue weighted by atomic mass is 16.4. The number of imidazole rings is 1. The summed E-state index contributed by atoms with van der Waals surface area (Å²) in [6.07, 6.45) is 0.0274. The zero-order valence-electron chi connectivity index (χ0n) is 17.7. The molecular weight excluding hydrogens is 420 g/mol. The molecule has 0 aliphatic carbocycles. The van der Waals surface area contributed by atoms with Crippen LogP contribution >= 0.6 is 0 Å². The number of benzene rings is 3. The maximum Gasteiger partial charge on any atom is 0.326 e. The van der Waals surface area contributed by atoms with Gasteiger partial charge in [-0.15, -0.1) is 0 Å². The zero-order chi connectivity index (χ0) is 22.9. The fourth-order valence-electron chi connectivity index (χ4n) is 3.70. The zero-order valence-corrected chi connectivity index (χ0v) is 17.7. The van der Waals surface area contributed by atoms with Gasteiger partial charge in [-0.2, -0.15) is 0 Å². The van der Waals surface area contributed by atoms with Gasteiger partial charge in [-0.05, 0) is 55.0 Å². The SMILES string of the molecule is Cc1ccc2nc(C[C@@H](NC(=O)c3cccc(-c4nc5ccccc5o4)c3)C(=O)O)[nH]c2c1. The summed E-state index contributed by atoms with van der Waals surface area (Å²) >= 11 is 0. The van der Waals surface area contributed by atoms with E-state index in [2.05, 4.69) is 20.3 Å². The summed E-state index contributed by atoms with van der Waals surface area (Å²) < 4.78 is 5.77. The van der Waals surface area contributed by atoms with Crippen molar-refractivity contribution in [2.24, 2.45) is 0 Å². The van der Waals surface area contributed by atoms with E-state index in [-0.39, 0.29) is 6.42 Å². The number of hydrogen-bond acceptors (Lipinski definition) is 5. The molecule has 0 radical (unpaired) electrons. The molecule has 2 heterocycles. The van der Waals surface area contributed by atoms with Gasteiger partial charge in [0.25, 0.3) is 5.91 Å². The number of fused-ring (bicyclic) bond motifs is 2. The minimum absolute atomic E-state index is 0.0274. The van der Waals surface area contributed by atoms with Gasteiger partial charge >= 0.3 is 5.97 Å². The van der Waals surface area contributed by atoms with E-state index in [1.807, 2.05) is 49.4 Å². The van der Waals surface area contributed by atoms with Crippen molar-refractivity contribution in [3.05, 3.63) is 83.7 Å². The molecular formula is C25H20N4O4. The molecule has 2 aromatic heterocycles. The van der Waals surface area contributed by atoms with Gasteiger partial charge in [-0.3, -0.25) is 4.79 Å². The quantitative estimate of drug-likeness (QED) is 0.365. The number of carboxylic acids is 1. The third kappa shape index (κ3) is 4.18. The number of H-pyrrole nitrogens is 1. The van der Waals surface area contributed by atoms with Gasteiger partial charge in [0, 0.05) is 17.5 Å². The number of nitrogens with zero attached hydrogens (tertiary/aromatic N) is 2. The lowest BCUT2D eigenvalue weighted by molar-refractivity contribution is -0.139. The molecule has 164 valence electrons. The molecule has 0 unspecified atom stereocenters. The molecule has 33 heavy (non-hydrogen) atoms. The largest absolute Gasteiger partial charge is 0.480 e. The maximum atomic E-state index is 12.9. The van der Waals surface area contributed by atoms with Crippen LogP contribution in [0.3, 0.4) is 0 Å². The first-order valence-corrected chi connectivity index (χ1v) is 10.4. The molecule has 3 N–H and O–H groups in total. The Morgan fingerprint density at radius 3 is 2.70 bits per heavy atom. The van der Waals surface area contributed by atoms with Crippen LogP contribution < -0.4 is 5.32 Å². The summed E-state index contributed by atoms with van der Waals surface area (Å²) in [6, 6.07) is 18.7. The van der Waals surface area contributed by atoms with Crippen molar-refractivity contribution in [3.63, 3.8) is 0 Å². The van der Waals surface area contributed by atoms with Gasteiger partial charge < -0.3 is 19.8 Å². The molecule has 0 bridgehead atoms. The maximum absolute atomic E-state index is 12.9. The van der Waals surface area contributed by atoms with E-state index in [1.165, 1.54) is 0 Å². The molecule has 0 saturated carbocycles. The molecule has 5 rings (SSSR count). The Bertz CT molecular complexity index is 1470. The molecule has 0 saturated heterocycles. The summed E-state index contributed by atoms with van der Waals surface area (Å²) in [5.74, 6) is -0.774. The number of hydrogen-bond donors (Lipinski definition) is 3. The average molecular weight is 440 g/mol. The number of amides is 1. The number of aryl methyl sites for hydroxylation is 1. The van der Waals surface area contributed by atoms with Crippen LogP contribution in [0.25, 0.3) is 33.6 Å². The summed E-state index contributed by atoms with van der Waals surface area (Å²) in [5, 5.41) is 12.3. The Balaban J connectivity index is 1.36. The summed E-state index contributed by atoms with van der Waals surface area (Å²) in [4.78, 5) is 36.7. The fourth-order valence-corrected chi connectivity index (χ4v) is 3.70. The first-order valence-electron chi connectivity index (χ1n) is 10.4. The number of rotatable bonds is 6. The first-order chi connectivity index (χ1) is 16.0. The van der Waals surface area contributed by atoms with Crippen molar-refractivity contribution in [1.29, 1.82) is 0 Å². The van der Waals surface area contributed by atoms with Crippen LogP contribution in [-0.2, 0) is 11.2 Å². The van der Waals surface area contributed by atoms with Gasteiger partial charge in [0.1, 0.15) is 17.4 Å². The van der Waals surface area contributed by atoms with E-state index < -0.39 is 17.9 Å². The number of aromatic nitrogens is 3. The molecule has 5 aromatic rings. The van der Waals surface area contributed by atoms with Gasteiger partial charge in [-0.25, -0.2) is 14.8 Å². The van der Waals surface area contributed by atoms with Crippen LogP contribution in [0.15, 0.2) is 71.1 Å². The molecule has 1 amide bonds. The third-order valence-corrected chi connectivity index (χ3v) is 5.35. The van der Waals surface area contributed by atoms with Crippen molar-refractivity contribution < 1.29 is 19.1 Å². The highest BCUT2D eigenvalue weighted by Gasteiger charge is 2.23. The second kappa shape index (κ2) is 8.23. The van der Waals surface area contributed by atoms with Crippen LogP contribution in [0.4, 0.5) is 0 Å². The lowest BCUT2D eigenvalue weighted by Gasteiger charge is -2.13. The van der Waals surface area contributed by atoms with Crippen LogP contribution in [0.2, 0.25) is 0 Å². The molecule has 8 heteroatoms. The van der Waals surface area contributed by atoms with E-state index in [0.29, 0.717) is 33.9 Å². The first kappa shape index (κ1) is 20.4. The van der Waals surface area contributed by atoms with Crippen molar-refractivity contribution in [1.82, 2.24) is 20.3 Å². The van der Waals surface area contributed by atoms with Crippen molar-refractivity contribution >= 4 is 34.0 Å². The second-order valence-corrected chi connectivity index (χ2v) is 7.84. The highest BCUT2D eigenvalue weighted by Crippen LogP contribution is 2.24. The lowest BCUT2D eigenvalue weighted by atomic mass is 10.1. The Morgan fingerprint density at radius 1 is 1.03 bits per heavy atom. The normalized spacial score (nSPS) is 12.2. The van der Waals surface area contributed by atoms with Crippen molar-refractivity contribution in [3.8, 4) is 11.5 Å². The van der Waals surface area contributed by atoms with Crippen LogP contribution in [0, 0.1) is 6.92 Å². The Morgan fingerprint density at radius 2 is 1.88 bits per heavy atom. The number of carbonyl (C=O) groups is 2. The molecule has 3 aromatic carbocycles. The minimum Gasteiger partial charge on any atom is -0.480 e. The van der Waals surface area contributed by atoms with E-state index in [4.69, 9.17) is 4.42 Å². The number of oxazole rings is 1. The molecule has 1 atom stereocenters. The Hall–Kier alpha value is -4.46. The highest BCUT2D eigenvalue weighted by molar-refractivity contribution is 5.97. The fraction of sp³-hybridized carbons (Fsp3) is 0.120. The topological polar surface area (TPSA) is 121 Å². The van der Waals surface area contributed by atoms with Crippen molar-refractivity contribution in [2.75, 3.05) is 0 Å². The lowest BCUT2D eigenvalue weighted by Crippen LogP contribution is -2.42. The summed E-state index contributed by atoms with van der Waals surface area (Å²) in [7, 11) is 0. The van der Waals surface area contributed by atoms with Gasteiger partial charge in [-0.1, -0.05) is 24.3 Å². The average Bonchev–Trinajstić information content (AvgIpc) is 3.42. The number of aromatic amines is 1.